The molecule has 1 saturated heterocycles. The largest absolute Gasteiger partial charge is 0.507 e. The number of nitrogens with zero attached hydrogens (tertiary/aromatic N) is 1. The van der Waals surface area contributed by atoms with E-state index in [1.807, 2.05) is 17.5 Å². The van der Waals surface area contributed by atoms with Crippen LogP contribution in [0.25, 0.3) is 5.76 Å². The number of aliphatic hydroxyl groups excluding tert-OH is 1. The third-order valence-corrected chi connectivity index (χ3v) is 6.47. The number of halogens is 1. The Morgan fingerprint density at radius 2 is 1.91 bits per heavy atom. The van der Waals surface area contributed by atoms with E-state index in [1.165, 1.54) is 48.7 Å². The summed E-state index contributed by atoms with van der Waals surface area (Å²) in [5.74, 6) is -1.59. The Hall–Kier alpha value is -3.65. The topological polar surface area (TPSA) is 76.1 Å². The summed E-state index contributed by atoms with van der Waals surface area (Å²) in [5.41, 5.74) is 0.958. The molecule has 0 aliphatic carbocycles. The van der Waals surface area contributed by atoms with Crippen molar-refractivity contribution < 1.29 is 28.6 Å². The van der Waals surface area contributed by atoms with Crippen LogP contribution < -0.4 is 9.47 Å². The van der Waals surface area contributed by atoms with Crippen LogP contribution in [0.4, 0.5) is 4.39 Å². The molecule has 1 amide bonds. The molecular formula is C25H22FNO5S. The van der Waals surface area contributed by atoms with Gasteiger partial charge in [-0.15, -0.1) is 11.3 Å². The van der Waals surface area contributed by atoms with Crippen molar-refractivity contribution in [2.75, 3.05) is 14.2 Å². The van der Waals surface area contributed by atoms with E-state index < -0.39 is 23.5 Å². The van der Waals surface area contributed by atoms with Crippen LogP contribution >= 0.6 is 11.3 Å². The second-order valence-electron chi connectivity index (χ2n) is 7.55. The van der Waals surface area contributed by atoms with Gasteiger partial charge in [-0.25, -0.2) is 4.39 Å². The number of carbonyl (C=O) groups is 2. The molecule has 0 saturated carbocycles. The lowest BCUT2D eigenvalue weighted by Crippen LogP contribution is -2.29. The molecule has 170 valence electrons. The Morgan fingerprint density at radius 3 is 2.55 bits per heavy atom. The molecule has 6 nitrogen and oxygen atoms in total. The van der Waals surface area contributed by atoms with Gasteiger partial charge in [0.2, 0.25) is 0 Å². The predicted octanol–water partition coefficient (Wildman–Crippen LogP) is 4.83. The quantitative estimate of drug-likeness (QED) is 0.319. The maximum atomic E-state index is 13.8. The second-order valence-corrected chi connectivity index (χ2v) is 8.59. The molecule has 0 radical (unpaired) electrons. The molecule has 4 rings (SSSR count). The molecule has 8 heteroatoms. The van der Waals surface area contributed by atoms with Crippen molar-refractivity contribution in [1.82, 2.24) is 4.90 Å². The Kier molecular flexibility index (Phi) is 6.20. The van der Waals surface area contributed by atoms with Crippen LogP contribution in [-0.2, 0) is 16.1 Å². The van der Waals surface area contributed by atoms with Gasteiger partial charge in [-0.3, -0.25) is 9.59 Å². The van der Waals surface area contributed by atoms with Gasteiger partial charge in [-0.1, -0.05) is 18.2 Å². The van der Waals surface area contributed by atoms with Gasteiger partial charge in [0, 0.05) is 16.0 Å². The molecule has 1 aliphatic heterocycles. The number of hydrogen-bond acceptors (Lipinski definition) is 6. The molecule has 1 unspecified atom stereocenters. The van der Waals surface area contributed by atoms with Gasteiger partial charge in [0.05, 0.1) is 32.4 Å². The van der Waals surface area contributed by atoms with Crippen molar-refractivity contribution in [2.45, 2.75) is 19.5 Å². The van der Waals surface area contributed by atoms with Crippen molar-refractivity contribution in [1.29, 1.82) is 0 Å². The number of ketones is 1. The zero-order chi connectivity index (χ0) is 23.7. The number of methoxy groups -OCH3 is 2. The predicted molar refractivity (Wildman–Crippen MR) is 123 cm³/mol. The molecule has 33 heavy (non-hydrogen) atoms. The van der Waals surface area contributed by atoms with Crippen LogP contribution in [0.5, 0.6) is 11.5 Å². The Labute approximate surface area is 194 Å². The summed E-state index contributed by atoms with van der Waals surface area (Å²) in [5, 5.41) is 13.1. The molecule has 1 aliphatic rings. The van der Waals surface area contributed by atoms with E-state index in [-0.39, 0.29) is 23.4 Å². The third-order valence-electron chi connectivity index (χ3n) is 5.61. The second kappa shape index (κ2) is 9.07. The number of likely N-dealkylation sites (tertiary alicyclic amines) is 1. The van der Waals surface area contributed by atoms with Gasteiger partial charge in [0.25, 0.3) is 11.7 Å². The smallest absolute Gasteiger partial charge is 0.295 e. The molecule has 1 N–H and O–H groups in total. The van der Waals surface area contributed by atoms with Crippen LogP contribution in [0.3, 0.4) is 0 Å². The number of aryl methyl sites for hydroxylation is 1. The lowest BCUT2D eigenvalue weighted by molar-refractivity contribution is -0.140. The lowest BCUT2D eigenvalue weighted by atomic mass is 9.94. The van der Waals surface area contributed by atoms with Crippen LogP contribution in [0.2, 0.25) is 0 Å². The van der Waals surface area contributed by atoms with Gasteiger partial charge in [0.15, 0.2) is 11.5 Å². The number of benzene rings is 2. The molecule has 0 spiro atoms. The lowest BCUT2D eigenvalue weighted by Gasteiger charge is -2.26. The zero-order valence-corrected chi connectivity index (χ0v) is 19.1. The number of para-hydroxylation sites is 1. The Balaban J connectivity index is 1.95. The van der Waals surface area contributed by atoms with E-state index in [9.17, 15) is 19.1 Å². The average molecular weight is 468 g/mol. The fourth-order valence-corrected chi connectivity index (χ4v) is 4.71. The highest BCUT2D eigenvalue weighted by Gasteiger charge is 2.47. The summed E-state index contributed by atoms with van der Waals surface area (Å²) >= 11 is 1.46. The van der Waals surface area contributed by atoms with Gasteiger partial charge in [0.1, 0.15) is 11.6 Å². The van der Waals surface area contributed by atoms with Gasteiger partial charge >= 0.3 is 0 Å². The summed E-state index contributed by atoms with van der Waals surface area (Å²) in [4.78, 5) is 28.6. The van der Waals surface area contributed by atoms with E-state index >= 15 is 0 Å². The van der Waals surface area contributed by atoms with Crippen LogP contribution in [0.15, 0.2) is 59.5 Å². The van der Waals surface area contributed by atoms with Gasteiger partial charge in [-0.2, -0.15) is 0 Å². The zero-order valence-electron chi connectivity index (χ0n) is 18.3. The summed E-state index contributed by atoms with van der Waals surface area (Å²) in [6.45, 7) is 1.73. The van der Waals surface area contributed by atoms with Crippen LogP contribution in [-0.4, -0.2) is 35.9 Å². The molecule has 2 aromatic carbocycles. The van der Waals surface area contributed by atoms with Crippen molar-refractivity contribution in [3.8, 4) is 11.5 Å². The van der Waals surface area contributed by atoms with Crippen LogP contribution in [0.1, 0.15) is 27.6 Å². The highest BCUT2D eigenvalue weighted by atomic mass is 32.1. The molecule has 2 heterocycles. The Morgan fingerprint density at radius 1 is 1.12 bits per heavy atom. The van der Waals surface area contributed by atoms with Crippen molar-refractivity contribution in [2.24, 2.45) is 0 Å². The summed E-state index contributed by atoms with van der Waals surface area (Å²) in [6, 6.07) is 12.0. The molecule has 0 bridgehead atoms. The SMILES string of the molecule is COc1cccc(C2/C(=C(\O)c3ccc(F)c(C)c3)C(=O)C(=O)N2Cc2cccs2)c1OC. The van der Waals surface area contributed by atoms with Crippen molar-refractivity contribution >= 4 is 28.8 Å². The fraction of sp³-hybridized carbons (Fsp3) is 0.200. The minimum Gasteiger partial charge on any atom is -0.507 e. The highest BCUT2D eigenvalue weighted by Crippen LogP contribution is 2.46. The summed E-state index contributed by atoms with van der Waals surface area (Å²) in [6.07, 6.45) is 0. The van der Waals surface area contributed by atoms with Gasteiger partial charge in [-0.05, 0) is 48.2 Å². The number of Topliss-reactive ketones (excluding diaryl/α,β-unsaturated/α-hetero) is 1. The fourth-order valence-electron chi connectivity index (χ4n) is 4.01. The molecule has 1 atom stereocenters. The van der Waals surface area contributed by atoms with E-state index in [4.69, 9.17) is 9.47 Å². The van der Waals surface area contributed by atoms with E-state index in [0.717, 1.165) is 4.88 Å². The van der Waals surface area contributed by atoms with E-state index in [0.29, 0.717) is 22.6 Å². The average Bonchev–Trinajstić information content (AvgIpc) is 3.42. The van der Waals surface area contributed by atoms with Crippen LogP contribution in [0, 0.1) is 12.7 Å². The monoisotopic (exact) mass is 467 g/mol. The first kappa shape index (κ1) is 22.5. The maximum Gasteiger partial charge on any atom is 0.295 e. The first-order chi connectivity index (χ1) is 15.9. The van der Waals surface area contributed by atoms with Crippen molar-refractivity contribution in [3.05, 3.63) is 86.9 Å². The highest BCUT2D eigenvalue weighted by molar-refractivity contribution is 7.09. The number of hydrogen-bond donors (Lipinski definition) is 1. The number of ether oxygens (including phenoxy) is 2. The number of rotatable bonds is 6. The maximum absolute atomic E-state index is 13.8. The first-order valence-electron chi connectivity index (χ1n) is 10.2. The summed E-state index contributed by atoms with van der Waals surface area (Å²) in [7, 11) is 2.96. The number of amides is 1. The normalized spacial score (nSPS) is 17.5. The first-order valence-corrected chi connectivity index (χ1v) is 11.0. The summed E-state index contributed by atoms with van der Waals surface area (Å²) < 4.78 is 24.8. The molecule has 1 aromatic heterocycles. The number of carbonyl (C=O) groups excluding carboxylic acids is 2. The minimum absolute atomic E-state index is 0.0888. The number of aliphatic hydroxyl groups is 1. The van der Waals surface area contributed by atoms with E-state index in [1.54, 1.807) is 25.1 Å². The minimum atomic E-state index is -0.928. The molecule has 3 aromatic rings. The molecule has 1 fully saturated rings. The number of thiophene rings is 1. The Bertz CT molecular complexity index is 1250. The van der Waals surface area contributed by atoms with E-state index in [2.05, 4.69) is 0 Å². The molecular weight excluding hydrogens is 445 g/mol. The standard InChI is InChI=1S/C25H22FNO5S/c1-14-12-15(9-10-18(14)26)22(28)20-21(17-7-4-8-19(31-2)24(17)32-3)27(25(30)23(20)29)13-16-6-5-11-33-16/h4-12,21,28H,13H2,1-3H3/b22-20+. The van der Waals surface area contributed by atoms with Crippen molar-refractivity contribution in [3.63, 3.8) is 0 Å². The van der Waals surface area contributed by atoms with Gasteiger partial charge < -0.3 is 19.5 Å². The third kappa shape index (κ3) is 3.98.